The number of carbonyl (C=O) groups excluding carboxylic acids is 1. The molecule has 0 heterocycles. The first kappa shape index (κ1) is 12.4. The Morgan fingerprint density at radius 1 is 1.47 bits per heavy atom. The highest BCUT2D eigenvalue weighted by atomic mass is 79.9. The molecule has 1 aromatic rings. The summed E-state index contributed by atoms with van der Waals surface area (Å²) in [6, 6.07) is 7.91. The summed E-state index contributed by atoms with van der Waals surface area (Å²) in [5, 5.41) is 3.32. The van der Waals surface area contributed by atoms with E-state index in [2.05, 4.69) is 21.2 Å². The largest absolute Gasteiger partial charge is 0.469 e. The molecular formula is C13H16BrNO2. The number of methoxy groups -OCH3 is 1. The molecule has 0 saturated heterocycles. The van der Waals surface area contributed by atoms with Crippen molar-refractivity contribution >= 4 is 27.6 Å². The van der Waals surface area contributed by atoms with Gasteiger partial charge in [-0.15, -0.1) is 0 Å². The summed E-state index contributed by atoms with van der Waals surface area (Å²) in [5.74, 6) is -0.0942. The summed E-state index contributed by atoms with van der Waals surface area (Å²) in [7, 11) is 1.46. The third kappa shape index (κ3) is 2.46. The average Bonchev–Trinajstić information content (AvgIpc) is 2.29. The maximum Gasteiger partial charge on any atom is 0.313 e. The Morgan fingerprint density at radius 2 is 2.18 bits per heavy atom. The van der Waals surface area contributed by atoms with Crippen molar-refractivity contribution in [3.8, 4) is 0 Å². The predicted octanol–water partition coefficient (Wildman–Crippen LogP) is 3.20. The quantitative estimate of drug-likeness (QED) is 0.868. The van der Waals surface area contributed by atoms with Crippen molar-refractivity contribution < 1.29 is 9.53 Å². The molecule has 92 valence electrons. The van der Waals surface area contributed by atoms with E-state index in [-0.39, 0.29) is 11.4 Å². The van der Waals surface area contributed by atoms with Crippen LogP contribution in [0.4, 0.5) is 5.69 Å². The molecule has 1 aromatic carbocycles. The minimum absolute atomic E-state index is 0.0942. The maximum atomic E-state index is 11.7. The van der Waals surface area contributed by atoms with Crippen LogP contribution in [-0.2, 0) is 9.53 Å². The smallest absolute Gasteiger partial charge is 0.313 e. The van der Waals surface area contributed by atoms with Crippen LogP contribution >= 0.6 is 15.9 Å². The normalized spacial score (nSPS) is 17.1. The summed E-state index contributed by atoms with van der Waals surface area (Å²) >= 11 is 3.48. The fourth-order valence-corrected chi connectivity index (χ4v) is 2.57. The first-order valence-electron chi connectivity index (χ1n) is 5.75. The van der Waals surface area contributed by atoms with E-state index in [9.17, 15) is 4.79 Å². The van der Waals surface area contributed by atoms with Gasteiger partial charge in [0, 0.05) is 16.7 Å². The van der Waals surface area contributed by atoms with Gasteiger partial charge < -0.3 is 10.1 Å². The van der Waals surface area contributed by atoms with Gasteiger partial charge in [0.05, 0.1) is 12.5 Å². The van der Waals surface area contributed by atoms with Crippen molar-refractivity contribution in [1.82, 2.24) is 0 Å². The number of ether oxygens (including phenoxy) is 1. The van der Waals surface area contributed by atoms with Gasteiger partial charge in [-0.25, -0.2) is 0 Å². The van der Waals surface area contributed by atoms with E-state index >= 15 is 0 Å². The summed E-state index contributed by atoms with van der Waals surface area (Å²) in [6.07, 6.45) is 2.93. The number of esters is 1. The van der Waals surface area contributed by atoms with Crippen molar-refractivity contribution in [3.05, 3.63) is 28.7 Å². The van der Waals surface area contributed by atoms with Crippen molar-refractivity contribution in [2.75, 3.05) is 19.0 Å². The van der Waals surface area contributed by atoms with Gasteiger partial charge in [-0.3, -0.25) is 4.79 Å². The van der Waals surface area contributed by atoms with Crippen LogP contribution in [0.2, 0.25) is 0 Å². The number of anilines is 1. The lowest BCUT2D eigenvalue weighted by molar-refractivity contribution is -0.157. The molecule has 0 amide bonds. The Labute approximate surface area is 110 Å². The lowest BCUT2D eigenvalue weighted by atomic mass is 9.68. The minimum Gasteiger partial charge on any atom is -0.469 e. The minimum atomic E-state index is -0.315. The second kappa shape index (κ2) is 5.08. The third-order valence-electron chi connectivity index (χ3n) is 3.42. The van der Waals surface area contributed by atoms with E-state index in [1.54, 1.807) is 0 Å². The second-order valence-corrected chi connectivity index (χ2v) is 5.31. The first-order valence-corrected chi connectivity index (χ1v) is 6.54. The number of carbonyl (C=O) groups is 1. The summed E-state index contributed by atoms with van der Waals surface area (Å²) in [4.78, 5) is 11.7. The molecule has 3 nitrogen and oxygen atoms in total. The fourth-order valence-electron chi connectivity index (χ4n) is 2.14. The number of benzene rings is 1. The Balaban J connectivity index is 2.02. The van der Waals surface area contributed by atoms with Crippen molar-refractivity contribution in [1.29, 1.82) is 0 Å². The highest BCUT2D eigenvalue weighted by molar-refractivity contribution is 9.10. The molecule has 1 fully saturated rings. The maximum absolute atomic E-state index is 11.7. The topological polar surface area (TPSA) is 38.3 Å². The standard InChI is InChI=1S/C13H16BrNO2/c1-17-12(16)13(7-4-8-13)9-15-11-6-3-2-5-10(11)14/h2-3,5-6,15H,4,7-9H2,1H3. The zero-order chi connectivity index (χ0) is 12.3. The number of hydrogen-bond acceptors (Lipinski definition) is 3. The van der Waals surface area contributed by atoms with Gasteiger partial charge in [-0.05, 0) is 40.9 Å². The van der Waals surface area contributed by atoms with Gasteiger partial charge in [0.1, 0.15) is 0 Å². The van der Waals surface area contributed by atoms with Gasteiger partial charge in [0.25, 0.3) is 0 Å². The van der Waals surface area contributed by atoms with E-state index < -0.39 is 0 Å². The molecular weight excluding hydrogens is 282 g/mol. The molecule has 1 aliphatic rings. The zero-order valence-electron chi connectivity index (χ0n) is 9.83. The summed E-state index contributed by atoms with van der Waals surface area (Å²) < 4.78 is 5.90. The summed E-state index contributed by atoms with van der Waals surface area (Å²) in [6.45, 7) is 0.641. The van der Waals surface area contributed by atoms with Crippen LogP contribution in [0.15, 0.2) is 28.7 Å². The van der Waals surface area contributed by atoms with Crippen LogP contribution in [0.25, 0.3) is 0 Å². The average molecular weight is 298 g/mol. The SMILES string of the molecule is COC(=O)C1(CNc2ccccc2Br)CCC1. The number of hydrogen-bond donors (Lipinski definition) is 1. The van der Waals surface area contributed by atoms with Crippen molar-refractivity contribution in [2.45, 2.75) is 19.3 Å². The predicted molar refractivity (Wildman–Crippen MR) is 70.9 cm³/mol. The van der Waals surface area contributed by atoms with Gasteiger partial charge in [0.2, 0.25) is 0 Å². The van der Waals surface area contributed by atoms with Crippen LogP contribution in [0.5, 0.6) is 0 Å². The molecule has 0 bridgehead atoms. The van der Waals surface area contributed by atoms with E-state index in [1.165, 1.54) is 7.11 Å². The van der Waals surface area contributed by atoms with Gasteiger partial charge >= 0.3 is 5.97 Å². The van der Waals surface area contributed by atoms with E-state index in [0.717, 1.165) is 29.4 Å². The molecule has 0 atom stereocenters. The van der Waals surface area contributed by atoms with Crippen LogP contribution in [0.3, 0.4) is 0 Å². The van der Waals surface area contributed by atoms with Gasteiger partial charge in [-0.1, -0.05) is 18.6 Å². The van der Waals surface area contributed by atoms with Crippen molar-refractivity contribution in [3.63, 3.8) is 0 Å². The fraction of sp³-hybridized carbons (Fsp3) is 0.462. The van der Waals surface area contributed by atoms with Gasteiger partial charge in [0.15, 0.2) is 0 Å². The number of halogens is 1. The van der Waals surface area contributed by atoms with E-state index in [4.69, 9.17) is 4.74 Å². The molecule has 0 spiro atoms. The lowest BCUT2D eigenvalue weighted by Crippen LogP contribution is -2.44. The molecule has 17 heavy (non-hydrogen) atoms. The lowest BCUT2D eigenvalue weighted by Gasteiger charge is -2.39. The zero-order valence-corrected chi connectivity index (χ0v) is 11.4. The van der Waals surface area contributed by atoms with Crippen LogP contribution in [-0.4, -0.2) is 19.6 Å². The monoisotopic (exact) mass is 297 g/mol. The molecule has 0 aromatic heterocycles. The Morgan fingerprint density at radius 3 is 2.71 bits per heavy atom. The Kier molecular flexibility index (Phi) is 3.72. The Bertz CT molecular complexity index is 416. The van der Waals surface area contributed by atoms with Gasteiger partial charge in [-0.2, -0.15) is 0 Å². The molecule has 1 N–H and O–H groups in total. The highest BCUT2D eigenvalue weighted by Gasteiger charge is 2.45. The summed E-state index contributed by atoms with van der Waals surface area (Å²) in [5.41, 5.74) is 0.701. The molecule has 0 radical (unpaired) electrons. The number of rotatable bonds is 4. The molecule has 1 saturated carbocycles. The number of para-hydroxylation sites is 1. The van der Waals surface area contributed by atoms with Crippen LogP contribution < -0.4 is 5.32 Å². The Hall–Kier alpha value is -1.03. The molecule has 0 aliphatic heterocycles. The number of nitrogens with one attached hydrogen (secondary N) is 1. The highest BCUT2D eigenvalue weighted by Crippen LogP contribution is 2.42. The molecule has 1 aliphatic carbocycles. The third-order valence-corrected chi connectivity index (χ3v) is 4.11. The first-order chi connectivity index (χ1) is 8.18. The van der Waals surface area contributed by atoms with Crippen LogP contribution in [0.1, 0.15) is 19.3 Å². The molecule has 2 rings (SSSR count). The molecule has 4 heteroatoms. The molecule has 0 unspecified atom stereocenters. The van der Waals surface area contributed by atoms with Crippen LogP contribution in [0, 0.1) is 5.41 Å². The van der Waals surface area contributed by atoms with E-state index in [1.807, 2.05) is 24.3 Å². The van der Waals surface area contributed by atoms with Crippen molar-refractivity contribution in [2.24, 2.45) is 5.41 Å². The second-order valence-electron chi connectivity index (χ2n) is 4.46. The van der Waals surface area contributed by atoms with E-state index in [0.29, 0.717) is 6.54 Å².